The largest absolute Gasteiger partial charge is 0.402 e. The van der Waals surface area contributed by atoms with E-state index in [1.807, 2.05) is 18.2 Å². The van der Waals surface area contributed by atoms with Gasteiger partial charge in [-0.3, -0.25) is 9.69 Å². The fraction of sp³-hybridized carbons (Fsp3) is 0.471. The standard InChI is InChI=1S/C17H24N2O/c1-3-19(4-2)12-15-16(18)10-14(11-17(15)20)13-8-6-5-7-9-13/h5-9,14H,3-4,10-12,18H2,1-2H3. The molecule has 2 N–H and O–H groups in total. The van der Waals surface area contributed by atoms with Crippen LogP contribution in [0.25, 0.3) is 0 Å². The molecular formula is C17H24N2O. The van der Waals surface area contributed by atoms with Crippen molar-refractivity contribution in [2.75, 3.05) is 19.6 Å². The number of nitrogens with two attached hydrogens (primary N) is 1. The molecule has 0 bridgehead atoms. The van der Waals surface area contributed by atoms with Crippen LogP contribution in [0.5, 0.6) is 0 Å². The summed E-state index contributed by atoms with van der Waals surface area (Å²) in [5, 5.41) is 0. The van der Waals surface area contributed by atoms with Crippen LogP contribution < -0.4 is 5.73 Å². The third kappa shape index (κ3) is 3.28. The zero-order valence-corrected chi connectivity index (χ0v) is 12.4. The molecule has 0 saturated carbocycles. The lowest BCUT2D eigenvalue weighted by Crippen LogP contribution is -2.32. The summed E-state index contributed by atoms with van der Waals surface area (Å²) >= 11 is 0. The highest BCUT2D eigenvalue weighted by molar-refractivity contribution is 5.98. The van der Waals surface area contributed by atoms with Crippen molar-refractivity contribution in [2.24, 2.45) is 5.73 Å². The van der Waals surface area contributed by atoms with Crippen molar-refractivity contribution in [1.29, 1.82) is 0 Å². The maximum absolute atomic E-state index is 12.4. The first-order valence-corrected chi connectivity index (χ1v) is 7.43. The molecule has 0 heterocycles. The molecule has 1 aliphatic rings. The Hall–Kier alpha value is -1.61. The second-order valence-electron chi connectivity index (χ2n) is 5.40. The Morgan fingerprint density at radius 2 is 1.80 bits per heavy atom. The number of nitrogens with zero attached hydrogens (tertiary/aromatic N) is 1. The monoisotopic (exact) mass is 272 g/mol. The molecule has 20 heavy (non-hydrogen) atoms. The molecule has 3 nitrogen and oxygen atoms in total. The van der Waals surface area contributed by atoms with Crippen LogP contribution in [-0.4, -0.2) is 30.3 Å². The minimum Gasteiger partial charge on any atom is -0.402 e. The number of carbonyl (C=O) groups is 1. The van der Waals surface area contributed by atoms with Crippen LogP contribution in [0.4, 0.5) is 0 Å². The molecule has 1 aromatic rings. The lowest BCUT2D eigenvalue weighted by atomic mass is 9.82. The Morgan fingerprint density at radius 1 is 1.15 bits per heavy atom. The van der Waals surface area contributed by atoms with E-state index in [-0.39, 0.29) is 11.7 Å². The molecule has 2 rings (SSSR count). The molecule has 1 aliphatic carbocycles. The van der Waals surface area contributed by atoms with Gasteiger partial charge in [0.05, 0.1) is 0 Å². The smallest absolute Gasteiger partial charge is 0.162 e. The van der Waals surface area contributed by atoms with E-state index in [0.29, 0.717) is 13.0 Å². The topological polar surface area (TPSA) is 46.3 Å². The van der Waals surface area contributed by atoms with Gasteiger partial charge < -0.3 is 5.73 Å². The van der Waals surface area contributed by atoms with Crippen molar-refractivity contribution in [3.63, 3.8) is 0 Å². The van der Waals surface area contributed by atoms with Crippen LogP contribution in [0.3, 0.4) is 0 Å². The molecule has 3 heteroatoms. The summed E-state index contributed by atoms with van der Waals surface area (Å²) in [5.74, 6) is 0.457. The van der Waals surface area contributed by atoms with Crippen molar-refractivity contribution in [3.8, 4) is 0 Å². The molecule has 1 atom stereocenters. The summed E-state index contributed by atoms with van der Waals surface area (Å²) < 4.78 is 0. The number of allylic oxidation sites excluding steroid dienone is 1. The van der Waals surface area contributed by atoms with Crippen LogP contribution in [0.1, 0.15) is 38.2 Å². The molecule has 0 saturated heterocycles. The summed E-state index contributed by atoms with van der Waals surface area (Å²) in [5.41, 5.74) is 9.01. The van der Waals surface area contributed by atoms with E-state index in [1.165, 1.54) is 5.56 Å². The fourth-order valence-corrected chi connectivity index (χ4v) is 2.81. The Kier molecular flexibility index (Phi) is 4.96. The highest BCUT2D eigenvalue weighted by Crippen LogP contribution is 2.32. The molecule has 1 aromatic carbocycles. The van der Waals surface area contributed by atoms with Gasteiger partial charge in [0.15, 0.2) is 5.78 Å². The summed E-state index contributed by atoms with van der Waals surface area (Å²) in [7, 11) is 0. The lowest BCUT2D eigenvalue weighted by Gasteiger charge is -2.28. The van der Waals surface area contributed by atoms with E-state index in [1.54, 1.807) is 0 Å². The number of rotatable bonds is 5. The number of benzene rings is 1. The average Bonchev–Trinajstić information content (AvgIpc) is 2.47. The second-order valence-corrected chi connectivity index (χ2v) is 5.40. The summed E-state index contributed by atoms with van der Waals surface area (Å²) in [6.45, 7) is 6.81. The highest BCUT2D eigenvalue weighted by Gasteiger charge is 2.27. The zero-order valence-electron chi connectivity index (χ0n) is 12.4. The Bertz CT molecular complexity index is 489. The van der Waals surface area contributed by atoms with Crippen LogP contribution >= 0.6 is 0 Å². The number of likely N-dealkylation sites (N-methyl/N-ethyl adjacent to an activating group) is 1. The number of hydrogen-bond acceptors (Lipinski definition) is 3. The lowest BCUT2D eigenvalue weighted by molar-refractivity contribution is -0.116. The normalized spacial score (nSPS) is 19.8. The maximum Gasteiger partial charge on any atom is 0.162 e. The molecule has 0 aromatic heterocycles. The predicted octanol–water partition coefficient (Wildman–Crippen LogP) is 2.69. The molecule has 0 fully saturated rings. The SMILES string of the molecule is CCN(CC)CC1=C(N)CC(c2ccccc2)CC1=O. The fourth-order valence-electron chi connectivity index (χ4n) is 2.81. The van der Waals surface area contributed by atoms with Crippen LogP contribution in [0.15, 0.2) is 41.6 Å². The van der Waals surface area contributed by atoms with Gasteiger partial charge in [-0.15, -0.1) is 0 Å². The summed E-state index contributed by atoms with van der Waals surface area (Å²) in [6, 6.07) is 10.2. The van der Waals surface area contributed by atoms with Gasteiger partial charge in [0, 0.05) is 24.2 Å². The van der Waals surface area contributed by atoms with Gasteiger partial charge in [-0.2, -0.15) is 0 Å². The van der Waals surface area contributed by atoms with E-state index < -0.39 is 0 Å². The predicted molar refractivity (Wildman–Crippen MR) is 82.4 cm³/mol. The van der Waals surface area contributed by atoms with Crippen molar-refractivity contribution < 1.29 is 4.79 Å². The number of Topliss-reactive ketones (excluding diaryl/α,β-unsaturated/α-hetero) is 1. The molecule has 0 radical (unpaired) electrons. The third-order valence-electron chi connectivity index (χ3n) is 4.17. The summed E-state index contributed by atoms with van der Waals surface area (Å²) in [4.78, 5) is 14.6. The Labute approximate surface area is 121 Å². The van der Waals surface area contributed by atoms with E-state index in [9.17, 15) is 4.79 Å². The second kappa shape index (κ2) is 6.71. The number of hydrogen-bond donors (Lipinski definition) is 1. The minimum absolute atomic E-state index is 0.217. The van der Waals surface area contributed by atoms with Gasteiger partial charge in [0.25, 0.3) is 0 Å². The highest BCUT2D eigenvalue weighted by atomic mass is 16.1. The first kappa shape index (κ1) is 14.8. The van der Waals surface area contributed by atoms with E-state index in [4.69, 9.17) is 5.73 Å². The van der Waals surface area contributed by atoms with Gasteiger partial charge in [0.1, 0.15) is 0 Å². The van der Waals surface area contributed by atoms with E-state index in [2.05, 4.69) is 30.9 Å². The van der Waals surface area contributed by atoms with E-state index >= 15 is 0 Å². The van der Waals surface area contributed by atoms with Gasteiger partial charge in [0.2, 0.25) is 0 Å². The van der Waals surface area contributed by atoms with Crippen LogP contribution in [0.2, 0.25) is 0 Å². The number of carbonyl (C=O) groups excluding carboxylic acids is 1. The van der Waals surface area contributed by atoms with Crippen molar-refractivity contribution >= 4 is 5.78 Å². The van der Waals surface area contributed by atoms with Crippen molar-refractivity contribution in [1.82, 2.24) is 4.90 Å². The summed E-state index contributed by atoms with van der Waals surface area (Å²) in [6.07, 6.45) is 1.38. The van der Waals surface area contributed by atoms with Crippen LogP contribution in [-0.2, 0) is 4.79 Å². The Morgan fingerprint density at radius 3 is 2.35 bits per heavy atom. The first-order chi connectivity index (χ1) is 9.65. The third-order valence-corrected chi connectivity index (χ3v) is 4.17. The average molecular weight is 272 g/mol. The van der Waals surface area contributed by atoms with Gasteiger partial charge in [-0.05, 0) is 31.0 Å². The van der Waals surface area contributed by atoms with Gasteiger partial charge in [-0.25, -0.2) is 0 Å². The first-order valence-electron chi connectivity index (χ1n) is 7.43. The maximum atomic E-state index is 12.4. The van der Waals surface area contributed by atoms with Gasteiger partial charge >= 0.3 is 0 Å². The Balaban J connectivity index is 2.15. The minimum atomic E-state index is 0.217. The molecule has 108 valence electrons. The van der Waals surface area contributed by atoms with E-state index in [0.717, 1.165) is 30.8 Å². The molecule has 0 aliphatic heterocycles. The molecular weight excluding hydrogens is 248 g/mol. The van der Waals surface area contributed by atoms with Gasteiger partial charge in [-0.1, -0.05) is 44.2 Å². The van der Waals surface area contributed by atoms with Crippen molar-refractivity contribution in [3.05, 3.63) is 47.2 Å². The van der Waals surface area contributed by atoms with Crippen molar-refractivity contribution in [2.45, 2.75) is 32.6 Å². The molecule has 1 unspecified atom stereocenters. The number of ketones is 1. The molecule has 0 spiro atoms. The van der Waals surface area contributed by atoms with Crippen LogP contribution in [0, 0.1) is 0 Å². The zero-order chi connectivity index (χ0) is 14.5. The molecule has 0 amide bonds. The quantitative estimate of drug-likeness (QED) is 0.896.